The molecule has 0 aliphatic carbocycles. The van der Waals surface area contributed by atoms with Crippen LogP contribution in [0.1, 0.15) is 17.2 Å². The number of nitrogens with one attached hydrogen (secondary N) is 1. The summed E-state index contributed by atoms with van der Waals surface area (Å²) >= 11 is 0. The van der Waals surface area contributed by atoms with Crippen LogP contribution >= 0.6 is 0 Å². The lowest BCUT2D eigenvalue weighted by Gasteiger charge is -2.16. The molecule has 4 rings (SSSR count). The Bertz CT molecular complexity index is 1030. The lowest BCUT2D eigenvalue weighted by atomic mass is 10.1. The number of hydrogen-bond donors (Lipinski definition) is 1. The van der Waals surface area contributed by atoms with E-state index in [0.29, 0.717) is 19.4 Å². The average molecular weight is 387 g/mol. The lowest BCUT2D eigenvalue weighted by Crippen LogP contribution is -2.35. The Morgan fingerprint density at radius 1 is 1.00 bits per heavy atom. The normalized spacial score (nSPS) is 11.9. The van der Waals surface area contributed by atoms with Crippen molar-refractivity contribution in [2.24, 2.45) is 0 Å². The molecule has 8 heteroatoms. The quantitative estimate of drug-likeness (QED) is 0.499. The molecule has 0 aliphatic heterocycles. The molecule has 0 spiro atoms. The highest BCUT2D eigenvalue weighted by molar-refractivity contribution is 5.80. The standard InChI is InChI=1S/C21H21N7O/c29-21(20(28-16-23-25-26-28)13-17-7-3-1-4-8-17)22-12-11-18-14-24-27(15-18)19-9-5-2-6-10-19/h1-10,14-16,20H,11-13H2,(H,22,29). The number of amides is 1. The molecule has 1 N–H and O–H groups in total. The maximum absolute atomic E-state index is 12.8. The van der Waals surface area contributed by atoms with Gasteiger partial charge in [0.25, 0.3) is 0 Å². The molecular formula is C21H21N7O. The SMILES string of the molecule is O=C(NCCc1cnn(-c2ccccc2)c1)C(Cc1ccccc1)n1cnnn1. The molecule has 1 atom stereocenters. The second kappa shape index (κ2) is 8.92. The third-order valence-electron chi connectivity index (χ3n) is 4.63. The molecule has 2 aromatic carbocycles. The number of nitrogens with zero attached hydrogens (tertiary/aromatic N) is 6. The maximum Gasteiger partial charge on any atom is 0.245 e. The van der Waals surface area contributed by atoms with Gasteiger partial charge in [-0.1, -0.05) is 48.5 Å². The Kier molecular flexibility index (Phi) is 5.70. The van der Waals surface area contributed by atoms with E-state index >= 15 is 0 Å². The zero-order valence-electron chi connectivity index (χ0n) is 15.8. The van der Waals surface area contributed by atoms with E-state index in [1.165, 1.54) is 11.0 Å². The molecular weight excluding hydrogens is 366 g/mol. The first-order valence-electron chi connectivity index (χ1n) is 9.43. The Hall–Kier alpha value is -3.81. The maximum atomic E-state index is 12.8. The number of rotatable bonds is 8. The van der Waals surface area contributed by atoms with Gasteiger partial charge in [-0.2, -0.15) is 5.10 Å². The largest absolute Gasteiger partial charge is 0.354 e. The van der Waals surface area contributed by atoms with E-state index in [0.717, 1.165) is 16.8 Å². The number of para-hydroxylation sites is 1. The van der Waals surface area contributed by atoms with Crippen molar-refractivity contribution in [1.29, 1.82) is 0 Å². The van der Waals surface area contributed by atoms with Crippen LogP contribution in [0.15, 0.2) is 79.4 Å². The molecule has 0 saturated heterocycles. The number of carbonyl (C=O) groups excluding carboxylic acids is 1. The van der Waals surface area contributed by atoms with Crippen molar-refractivity contribution in [2.75, 3.05) is 6.54 Å². The first-order chi connectivity index (χ1) is 14.3. The molecule has 4 aromatic rings. The number of carbonyl (C=O) groups is 1. The van der Waals surface area contributed by atoms with E-state index < -0.39 is 6.04 Å². The molecule has 2 aromatic heterocycles. The average Bonchev–Trinajstić information content (AvgIpc) is 3.46. The molecule has 0 saturated carbocycles. The second-order valence-electron chi connectivity index (χ2n) is 6.67. The van der Waals surface area contributed by atoms with Crippen LogP contribution in [0, 0.1) is 0 Å². The van der Waals surface area contributed by atoms with Gasteiger partial charge in [0.1, 0.15) is 12.4 Å². The predicted molar refractivity (Wildman–Crippen MR) is 107 cm³/mol. The number of aromatic nitrogens is 6. The minimum Gasteiger partial charge on any atom is -0.354 e. The van der Waals surface area contributed by atoms with Crippen molar-refractivity contribution in [3.05, 3.63) is 90.5 Å². The van der Waals surface area contributed by atoms with Gasteiger partial charge in [-0.15, -0.1) is 5.10 Å². The van der Waals surface area contributed by atoms with Crippen LogP contribution in [-0.4, -0.2) is 42.4 Å². The highest BCUT2D eigenvalue weighted by Crippen LogP contribution is 2.13. The van der Waals surface area contributed by atoms with Gasteiger partial charge in [0.15, 0.2) is 0 Å². The van der Waals surface area contributed by atoms with Crippen LogP contribution in [0.4, 0.5) is 0 Å². The predicted octanol–water partition coefficient (Wildman–Crippen LogP) is 2.00. The van der Waals surface area contributed by atoms with E-state index in [2.05, 4.69) is 25.9 Å². The molecule has 2 heterocycles. The molecule has 0 bridgehead atoms. The van der Waals surface area contributed by atoms with Crippen LogP contribution in [0.5, 0.6) is 0 Å². The summed E-state index contributed by atoms with van der Waals surface area (Å²) in [5.41, 5.74) is 3.10. The highest BCUT2D eigenvalue weighted by Gasteiger charge is 2.22. The van der Waals surface area contributed by atoms with Gasteiger partial charge in [0, 0.05) is 19.2 Å². The topological polar surface area (TPSA) is 90.5 Å². The molecule has 29 heavy (non-hydrogen) atoms. The van der Waals surface area contributed by atoms with E-state index in [9.17, 15) is 4.79 Å². The molecule has 8 nitrogen and oxygen atoms in total. The van der Waals surface area contributed by atoms with Crippen LogP contribution < -0.4 is 5.32 Å². The fraction of sp³-hybridized carbons (Fsp3) is 0.190. The summed E-state index contributed by atoms with van der Waals surface area (Å²) in [6.45, 7) is 0.507. The smallest absolute Gasteiger partial charge is 0.245 e. The van der Waals surface area contributed by atoms with Gasteiger partial charge in [-0.05, 0) is 40.1 Å². The second-order valence-corrected chi connectivity index (χ2v) is 6.67. The van der Waals surface area contributed by atoms with Gasteiger partial charge in [-0.3, -0.25) is 4.79 Å². The van der Waals surface area contributed by atoms with E-state index in [-0.39, 0.29) is 5.91 Å². The Labute approximate surface area is 168 Å². The summed E-state index contributed by atoms with van der Waals surface area (Å²) in [6.07, 6.45) is 6.47. The van der Waals surface area contributed by atoms with Crippen LogP contribution in [0.3, 0.4) is 0 Å². The molecule has 0 aliphatic rings. The number of benzene rings is 2. The third-order valence-corrected chi connectivity index (χ3v) is 4.63. The van der Waals surface area contributed by atoms with Crippen molar-refractivity contribution in [1.82, 2.24) is 35.3 Å². The first-order valence-corrected chi connectivity index (χ1v) is 9.43. The zero-order valence-corrected chi connectivity index (χ0v) is 15.8. The summed E-state index contributed by atoms with van der Waals surface area (Å²) < 4.78 is 3.33. The van der Waals surface area contributed by atoms with Crippen molar-refractivity contribution in [3.8, 4) is 5.69 Å². The summed E-state index contributed by atoms with van der Waals surface area (Å²) in [7, 11) is 0. The van der Waals surface area contributed by atoms with E-state index in [1.54, 1.807) is 0 Å². The minimum absolute atomic E-state index is 0.114. The van der Waals surface area contributed by atoms with Crippen LogP contribution in [0.2, 0.25) is 0 Å². The summed E-state index contributed by atoms with van der Waals surface area (Å²) in [5, 5.41) is 18.6. The first kappa shape index (κ1) is 18.5. The van der Waals surface area contributed by atoms with Crippen LogP contribution in [-0.2, 0) is 17.6 Å². The van der Waals surface area contributed by atoms with Gasteiger partial charge in [0.2, 0.25) is 5.91 Å². The minimum atomic E-state index is -0.501. The molecule has 0 radical (unpaired) electrons. The highest BCUT2D eigenvalue weighted by atomic mass is 16.2. The molecule has 1 amide bonds. The zero-order chi connectivity index (χ0) is 19.9. The van der Waals surface area contributed by atoms with Gasteiger partial charge < -0.3 is 5.32 Å². The van der Waals surface area contributed by atoms with Crippen molar-refractivity contribution in [3.63, 3.8) is 0 Å². The lowest BCUT2D eigenvalue weighted by molar-refractivity contribution is -0.124. The van der Waals surface area contributed by atoms with Crippen molar-refractivity contribution >= 4 is 5.91 Å². The third kappa shape index (κ3) is 4.73. The van der Waals surface area contributed by atoms with Crippen molar-refractivity contribution in [2.45, 2.75) is 18.9 Å². The molecule has 0 fully saturated rings. The van der Waals surface area contributed by atoms with E-state index in [4.69, 9.17) is 0 Å². The van der Waals surface area contributed by atoms with Gasteiger partial charge >= 0.3 is 0 Å². The van der Waals surface area contributed by atoms with Gasteiger partial charge in [0.05, 0.1) is 11.9 Å². The van der Waals surface area contributed by atoms with Crippen LogP contribution in [0.25, 0.3) is 5.69 Å². The molecule has 1 unspecified atom stereocenters. The summed E-state index contributed by atoms with van der Waals surface area (Å²) in [6, 6.07) is 19.3. The van der Waals surface area contributed by atoms with Crippen molar-refractivity contribution < 1.29 is 4.79 Å². The number of tetrazole rings is 1. The summed E-state index contributed by atoms with van der Waals surface area (Å²) in [4.78, 5) is 12.8. The molecule has 146 valence electrons. The Morgan fingerprint density at radius 2 is 1.76 bits per heavy atom. The fourth-order valence-electron chi connectivity index (χ4n) is 3.11. The summed E-state index contributed by atoms with van der Waals surface area (Å²) in [5.74, 6) is -0.114. The Balaban J connectivity index is 1.36. The Morgan fingerprint density at radius 3 is 2.48 bits per heavy atom. The fourth-order valence-corrected chi connectivity index (χ4v) is 3.11. The van der Waals surface area contributed by atoms with Gasteiger partial charge in [-0.25, -0.2) is 9.36 Å². The monoisotopic (exact) mass is 387 g/mol. The number of hydrogen-bond acceptors (Lipinski definition) is 5. The van der Waals surface area contributed by atoms with E-state index in [1.807, 2.05) is 77.7 Å².